The first-order valence-corrected chi connectivity index (χ1v) is 4.70. The average Bonchev–Trinajstić information content (AvgIpc) is 2.64. The number of rotatable bonds is 0. The summed E-state index contributed by atoms with van der Waals surface area (Å²) in [6.45, 7) is 9.74. The van der Waals surface area contributed by atoms with Crippen molar-refractivity contribution in [2.45, 2.75) is 27.7 Å². The molecule has 3 nitrogen and oxygen atoms in total. The van der Waals surface area contributed by atoms with E-state index in [1.807, 2.05) is 46.7 Å². The minimum atomic E-state index is 0. The van der Waals surface area contributed by atoms with Gasteiger partial charge in [0.15, 0.2) is 0 Å². The van der Waals surface area contributed by atoms with Crippen LogP contribution in [0.5, 0.6) is 0 Å². The van der Waals surface area contributed by atoms with Gasteiger partial charge in [0.25, 0.3) is 0 Å². The summed E-state index contributed by atoms with van der Waals surface area (Å²) < 4.78 is 0. The summed E-state index contributed by atoms with van der Waals surface area (Å²) in [4.78, 5) is 6.03. The van der Waals surface area contributed by atoms with Crippen LogP contribution in [-0.4, -0.2) is 38.0 Å². The minimum absolute atomic E-state index is 0. The van der Waals surface area contributed by atoms with Crippen molar-refractivity contribution in [3.8, 4) is 0 Å². The second kappa shape index (κ2) is 15.4. The molecule has 0 saturated carbocycles. The van der Waals surface area contributed by atoms with Crippen molar-refractivity contribution in [3.63, 3.8) is 0 Å². The molecule has 0 aromatic rings. The van der Waals surface area contributed by atoms with Gasteiger partial charge in [-0.15, -0.1) is 0 Å². The van der Waals surface area contributed by atoms with E-state index < -0.39 is 0 Å². The van der Waals surface area contributed by atoms with E-state index in [1.165, 1.54) is 0 Å². The first-order chi connectivity index (χ1) is 5.80. The van der Waals surface area contributed by atoms with E-state index in [4.69, 9.17) is 0 Å². The third-order valence-corrected chi connectivity index (χ3v) is 1.01. The van der Waals surface area contributed by atoms with Crippen molar-refractivity contribution < 1.29 is 51.4 Å². The summed E-state index contributed by atoms with van der Waals surface area (Å²) >= 11 is 0. The molecule has 0 fully saturated rings. The van der Waals surface area contributed by atoms with Crippen LogP contribution in [0, 0.1) is 0 Å². The van der Waals surface area contributed by atoms with Gasteiger partial charge in [0.05, 0.1) is 0 Å². The molecule has 0 N–H and O–H groups in total. The van der Waals surface area contributed by atoms with Gasteiger partial charge < -0.3 is 15.2 Å². The zero-order valence-electron chi connectivity index (χ0n) is 10.3. The van der Waals surface area contributed by atoms with E-state index in [0.29, 0.717) is 0 Å². The standard InChI is InChI=1S/C5H10N3.2C2H6.K/c1-8(2)5-6-3-4-7-5;2*1-2;/h3-4H2,1-2H3;2*1-2H3;/q-1;;;+1. The molecule has 1 aliphatic rings. The predicted octanol–water partition coefficient (Wildman–Crippen LogP) is -0.652. The minimum Gasteiger partial charge on any atom is -0.432 e. The van der Waals surface area contributed by atoms with E-state index in [1.54, 1.807) is 0 Å². The molecule has 74 valence electrons. The van der Waals surface area contributed by atoms with Crippen LogP contribution in [-0.2, 0) is 0 Å². The third kappa shape index (κ3) is 10.8. The molecule has 0 saturated heterocycles. The maximum atomic E-state index is 4.11. The molecule has 13 heavy (non-hydrogen) atoms. The molecule has 0 bridgehead atoms. The zero-order valence-corrected chi connectivity index (χ0v) is 13.4. The maximum absolute atomic E-state index is 4.11. The molecule has 0 aromatic heterocycles. The van der Waals surface area contributed by atoms with E-state index in [9.17, 15) is 0 Å². The fraction of sp³-hybridized carbons (Fsp3) is 0.889. The summed E-state index contributed by atoms with van der Waals surface area (Å²) in [7, 11) is 3.90. The van der Waals surface area contributed by atoms with Crippen LogP contribution < -0.4 is 51.4 Å². The van der Waals surface area contributed by atoms with Crippen molar-refractivity contribution in [1.82, 2.24) is 4.90 Å². The molecule has 0 radical (unpaired) electrons. The Labute approximate surface area is 126 Å². The van der Waals surface area contributed by atoms with Crippen molar-refractivity contribution in [3.05, 3.63) is 5.32 Å². The summed E-state index contributed by atoms with van der Waals surface area (Å²) in [5, 5.41) is 4.11. The zero-order chi connectivity index (χ0) is 9.98. The van der Waals surface area contributed by atoms with Crippen LogP contribution in [0.4, 0.5) is 0 Å². The molecule has 0 aliphatic carbocycles. The first kappa shape index (κ1) is 19.5. The molecule has 0 unspecified atom stereocenters. The van der Waals surface area contributed by atoms with E-state index in [2.05, 4.69) is 10.3 Å². The summed E-state index contributed by atoms with van der Waals surface area (Å²) in [5.74, 6) is 0.880. The SMILES string of the molecule is CC.CC.CN(C)C1=NCC[N-]1.[K+]. The van der Waals surface area contributed by atoms with Gasteiger partial charge in [-0.25, -0.2) is 0 Å². The van der Waals surface area contributed by atoms with E-state index in [0.717, 1.165) is 19.0 Å². The number of hydrogen-bond donors (Lipinski definition) is 0. The Hall–Kier alpha value is 0.906. The van der Waals surface area contributed by atoms with Gasteiger partial charge in [-0.3, -0.25) is 0 Å². The van der Waals surface area contributed by atoms with Gasteiger partial charge in [0.2, 0.25) is 0 Å². The third-order valence-electron chi connectivity index (χ3n) is 1.01. The van der Waals surface area contributed by atoms with Gasteiger partial charge in [-0.1, -0.05) is 27.7 Å². The Morgan fingerprint density at radius 2 is 1.62 bits per heavy atom. The quantitative estimate of drug-likeness (QED) is 0.490. The fourth-order valence-corrected chi connectivity index (χ4v) is 0.633. The molecule has 4 heteroatoms. The smallest absolute Gasteiger partial charge is 0.432 e. The maximum Gasteiger partial charge on any atom is 1.00 e. The molecule has 1 heterocycles. The molecule has 0 aromatic carbocycles. The van der Waals surface area contributed by atoms with Gasteiger partial charge in [0.1, 0.15) is 0 Å². The van der Waals surface area contributed by atoms with Crippen LogP contribution in [0.1, 0.15) is 27.7 Å². The van der Waals surface area contributed by atoms with Gasteiger partial charge in [-0.2, -0.15) is 0 Å². The van der Waals surface area contributed by atoms with Crippen LogP contribution >= 0.6 is 0 Å². The predicted molar refractivity (Wildman–Crippen MR) is 56.9 cm³/mol. The Bertz CT molecular complexity index is 113. The largest absolute Gasteiger partial charge is 1.00 e. The Balaban J connectivity index is -0.000000178. The number of nitrogens with zero attached hydrogens (tertiary/aromatic N) is 3. The van der Waals surface area contributed by atoms with Gasteiger partial charge in [-0.05, 0) is 27.2 Å². The molecule has 0 spiro atoms. The number of hydrogen-bond acceptors (Lipinski definition) is 2. The number of aliphatic imine (C=N–C) groups is 1. The second-order valence-corrected chi connectivity index (χ2v) is 1.96. The molecule has 0 atom stereocenters. The summed E-state index contributed by atoms with van der Waals surface area (Å²) in [6, 6.07) is 0. The monoisotopic (exact) mass is 211 g/mol. The summed E-state index contributed by atoms with van der Waals surface area (Å²) in [5.41, 5.74) is 0. The van der Waals surface area contributed by atoms with Gasteiger partial charge >= 0.3 is 51.4 Å². The molecule has 1 rings (SSSR count). The van der Waals surface area contributed by atoms with E-state index >= 15 is 0 Å². The topological polar surface area (TPSA) is 29.7 Å². The number of guanidine groups is 1. The van der Waals surface area contributed by atoms with Crippen LogP contribution in [0.3, 0.4) is 0 Å². The normalized spacial score (nSPS) is 11.7. The van der Waals surface area contributed by atoms with Crippen LogP contribution in [0.25, 0.3) is 5.32 Å². The Morgan fingerprint density at radius 1 is 1.15 bits per heavy atom. The summed E-state index contributed by atoms with van der Waals surface area (Å²) in [6.07, 6.45) is 0. The van der Waals surface area contributed by atoms with Gasteiger partial charge in [0, 0.05) is 5.96 Å². The first-order valence-electron chi connectivity index (χ1n) is 4.70. The average molecular weight is 211 g/mol. The fourth-order valence-electron chi connectivity index (χ4n) is 0.633. The van der Waals surface area contributed by atoms with Crippen molar-refractivity contribution in [1.29, 1.82) is 0 Å². The molecular formula is C9H22KN3. The van der Waals surface area contributed by atoms with Crippen LogP contribution in [0.2, 0.25) is 0 Å². The van der Waals surface area contributed by atoms with Crippen molar-refractivity contribution in [2.75, 3.05) is 27.2 Å². The van der Waals surface area contributed by atoms with Crippen molar-refractivity contribution in [2.24, 2.45) is 4.99 Å². The second-order valence-electron chi connectivity index (χ2n) is 1.96. The molecular weight excluding hydrogens is 189 g/mol. The molecule has 1 aliphatic heterocycles. The Morgan fingerprint density at radius 3 is 1.77 bits per heavy atom. The van der Waals surface area contributed by atoms with Crippen LogP contribution in [0.15, 0.2) is 4.99 Å². The molecule has 0 amide bonds. The Kier molecular flexibility index (Phi) is 23.0. The van der Waals surface area contributed by atoms with E-state index in [-0.39, 0.29) is 51.4 Å². The van der Waals surface area contributed by atoms with Crippen molar-refractivity contribution >= 4 is 5.96 Å².